The van der Waals surface area contributed by atoms with Crippen LogP contribution in [0.3, 0.4) is 0 Å². The fraction of sp³-hybridized carbons (Fsp3) is 0.0667. The van der Waals surface area contributed by atoms with Gasteiger partial charge in [0.15, 0.2) is 5.75 Å². The summed E-state index contributed by atoms with van der Waals surface area (Å²) >= 11 is 18.7. The predicted molar refractivity (Wildman–Crippen MR) is 96.0 cm³/mol. The number of phenols is 1. The van der Waals surface area contributed by atoms with Gasteiger partial charge in [0.05, 0.1) is 22.0 Å². The average Bonchev–Trinajstić information content (AvgIpc) is 2.52. The van der Waals surface area contributed by atoms with Crippen LogP contribution in [0.25, 0.3) is 0 Å². The first kappa shape index (κ1) is 17.9. The zero-order valence-electron chi connectivity index (χ0n) is 11.6. The SMILES string of the molecule is O=C(CSc1ccc(Cl)cc1)N/N=C\c1cc(Cl)c(O)c(Cl)c1. The van der Waals surface area contributed by atoms with E-state index < -0.39 is 0 Å². The summed E-state index contributed by atoms with van der Waals surface area (Å²) in [6.45, 7) is 0. The number of phenolic OH excluding ortho intramolecular Hbond substituents is 1. The molecule has 8 heteroatoms. The van der Waals surface area contributed by atoms with Crippen LogP contribution in [0.5, 0.6) is 5.75 Å². The molecule has 0 spiro atoms. The van der Waals surface area contributed by atoms with Gasteiger partial charge >= 0.3 is 0 Å². The highest BCUT2D eigenvalue weighted by Gasteiger charge is 2.05. The fourth-order valence-electron chi connectivity index (χ4n) is 1.55. The molecule has 0 bridgehead atoms. The first-order chi connectivity index (χ1) is 11.0. The van der Waals surface area contributed by atoms with Crippen LogP contribution >= 0.6 is 46.6 Å². The minimum Gasteiger partial charge on any atom is -0.505 e. The maximum atomic E-state index is 11.7. The molecule has 23 heavy (non-hydrogen) atoms. The number of aromatic hydroxyl groups is 1. The van der Waals surface area contributed by atoms with Crippen LogP contribution in [-0.2, 0) is 4.79 Å². The molecule has 4 nitrogen and oxygen atoms in total. The number of hydrogen-bond acceptors (Lipinski definition) is 4. The lowest BCUT2D eigenvalue weighted by Gasteiger charge is -2.02. The Balaban J connectivity index is 1.85. The molecule has 0 aliphatic rings. The second-order valence-electron chi connectivity index (χ2n) is 4.37. The number of nitrogens with one attached hydrogen (secondary N) is 1. The van der Waals surface area contributed by atoms with E-state index in [0.29, 0.717) is 10.6 Å². The third-order valence-corrected chi connectivity index (χ3v) is 4.47. The third kappa shape index (κ3) is 5.62. The molecule has 2 rings (SSSR count). The van der Waals surface area contributed by atoms with Gasteiger partial charge in [-0.3, -0.25) is 4.79 Å². The molecule has 0 radical (unpaired) electrons. The highest BCUT2D eigenvalue weighted by molar-refractivity contribution is 8.00. The number of nitrogens with zero attached hydrogens (tertiary/aromatic N) is 1. The van der Waals surface area contributed by atoms with Gasteiger partial charge < -0.3 is 5.11 Å². The van der Waals surface area contributed by atoms with E-state index in [-0.39, 0.29) is 27.5 Å². The predicted octanol–water partition coefficient (Wildman–Crippen LogP) is 4.59. The van der Waals surface area contributed by atoms with Gasteiger partial charge in [0.2, 0.25) is 5.91 Å². The third-order valence-electron chi connectivity index (χ3n) is 2.63. The van der Waals surface area contributed by atoms with Crippen molar-refractivity contribution >= 4 is 58.7 Å². The number of carbonyl (C=O) groups is 1. The minimum absolute atomic E-state index is 0.114. The standard InChI is InChI=1S/C15H11Cl3N2O2S/c16-10-1-3-11(4-2-10)23-8-14(21)20-19-7-9-5-12(17)15(22)13(18)6-9/h1-7,22H,8H2,(H,20,21)/b19-7-. The summed E-state index contributed by atoms with van der Waals surface area (Å²) in [6, 6.07) is 10.2. The molecule has 2 aromatic rings. The lowest BCUT2D eigenvalue weighted by Crippen LogP contribution is -2.19. The van der Waals surface area contributed by atoms with Crippen LogP contribution in [0.4, 0.5) is 0 Å². The second kappa shape index (κ2) is 8.45. The number of hydrogen-bond donors (Lipinski definition) is 2. The number of benzene rings is 2. The van der Waals surface area contributed by atoms with Crippen molar-refractivity contribution in [1.82, 2.24) is 5.43 Å². The Morgan fingerprint density at radius 1 is 1.17 bits per heavy atom. The molecule has 0 aromatic heterocycles. The van der Waals surface area contributed by atoms with Crippen molar-refractivity contribution in [3.8, 4) is 5.75 Å². The van der Waals surface area contributed by atoms with E-state index in [1.807, 2.05) is 12.1 Å². The summed E-state index contributed by atoms with van der Waals surface area (Å²) in [5.41, 5.74) is 2.96. The summed E-state index contributed by atoms with van der Waals surface area (Å²) in [4.78, 5) is 12.6. The van der Waals surface area contributed by atoms with E-state index in [2.05, 4.69) is 10.5 Å². The summed E-state index contributed by atoms with van der Waals surface area (Å²) in [7, 11) is 0. The fourth-order valence-corrected chi connectivity index (χ4v) is 2.87. The Hall–Kier alpha value is -1.40. The van der Waals surface area contributed by atoms with Gasteiger partial charge in [0.25, 0.3) is 0 Å². The maximum Gasteiger partial charge on any atom is 0.250 e. The van der Waals surface area contributed by atoms with Gasteiger partial charge in [0, 0.05) is 9.92 Å². The molecule has 0 saturated carbocycles. The minimum atomic E-state index is -0.253. The Bertz CT molecular complexity index is 713. The lowest BCUT2D eigenvalue weighted by atomic mass is 10.2. The summed E-state index contributed by atoms with van der Waals surface area (Å²) in [5, 5.41) is 14.1. The first-order valence-corrected chi connectivity index (χ1v) is 8.46. The Kier molecular flexibility index (Phi) is 6.59. The molecule has 120 valence electrons. The molecule has 0 unspecified atom stereocenters. The van der Waals surface area contributed by atoms with Crippen LogP contribution < -0.4 is 5.43 Å². The zero-order valence-corrected chi connectivity index (χ0v) is 14.7. The van der Waals surface area contributed by atoms with Crippen molar-refractivity contribution in [1.29, 1.82) is 0 Å². The molecular formula is C15H11Cl3N2O2S. The number of halogens is 3. The summed E-state index contributed by atoms with van der Waals surface area (Å²) in [6.07, 6.45) is 1.39. The molecule has 2 aromatic carbocycles. The number of amides is 1. The summed E-state index contributed by atoms with van der Waals surface area (Å²) in [5.74, 6) is -0.221. The molecule has 0 fully saturated rings. The topological polar surface area (TPSA) is 61.7 Å². The van der Waals surface area contributed by atoms with Crippen LogP contribution in [0.1, 0.15) is 5.56 Å². The van der Waals surface area contributed by atoms with E-state index in [0.717, 1.165) is 4.90 Å². The quantitative estimate of drug-likeness (QED) is 0.446. The van der Waals surface area contributed by atoms with Crippen LogP contribution in [-0.4, -0.2) is 23.0 Å². The molecular weight excluding hydrogens is 379 g/mol. The monoisotopic (exact) mass is 388 g/mol. The Morgan fingerprint density at radius 3 is 2.39 bits per heavy atom. The van der Waals surface area contributed by atoms with Crippen molar-refractivity contribution < 1.29 is 9.90 Å². The van der Waals surface area contributed by atoms with Crippen molar-refractivity contribution in [2.24, 2.45) is 5.10 Å². The van der Waals surface area contributed by atoms with Gasteiger partial charge in [0.1, 0.15) is 0 Å². The van der Waals surface area contributed by atoms with E-state index >= 15 is 0 Å². The second-order valence-corrected chi connectivity index (χ2v) is 6.67. The summed E-state index contributed by atoms with van der Waals surface area (Å²) < 4.78 is 0. The van der Waals surface area contributed by atoms with Gasteiger partial charge in [-0.1, -0.05) is 34.8 Å². The van der Waals surface area contributed by atoms with Crippen LogP contribution in [0.2, 0.25) is 15.1 Å². The molecule has 0 aliphatic heterocycles. The van der Waals surface area contributed by atoms with Crippen molar-refractivity contribution in [3.63, 3.8) is 0 Å². The van der Waals surface area contributed by atoms with Crippen molar-refractivity contribution in [2.45, 2.75) is 4.90 Å². The number of carbonyl (C=O) groups excluding carboxylic acids is 1. The van der Waals surface area contributed by atoms with Crippen LogP contribution in [0, 0.1) is 0 Å². The first-order valence-electron chi connectivity index (χ1n) is 6.34. The molecule has 2 N–H and O–H groups in total. The largest absolute Gasteiger partial charge is 0.505 e. The molecule has 0 aliphatic carbocycles. The smallest absolute Gasteiger partial charge is 0.250 e. The van der Waals surface area contributed by atoms with Gasteiger partial charge in [-0.25, -0.2) is 5.43 Å². The molecule has 0 heterocycles. The molecule has 1 amide bonds. The van der Waals surface area contributed by atoms with E-state index in [9.17, 15) is 9.90 Å². The number of hydrazone groups is 1. The van der Waals surface area contributed by atoms with E-state index in [1.165, 1.54) is 30.1 Å². The van der Waals surface area contributed by atoms with E-state index in [4.69, 9.17) is 34.8 Å². The molecule has 0 saturated heterocycles. The van der Waals surface area contributed by atoms with Crippen molar-refractivity contribution in [3.05, 3.63) is 57.0 Å². The van der Waals surface area contributed by atoms with E-state index in [1.54, 1.807) is 12.1 Å². The lowest BCUT2D eigenvalue weighted by molar-refractivity contribution is -0.118. The Morgan fingerprint density at radius 2 is 1.78 bits per heavy atom. The van der Waals surface area contributed by atoms with Gasteiger partial charge in [-0.15, -0.1) is 11.8 Å². The number of rotatable bonds is 5. The number of thioether (sulfide) groups is 1. The average molecular weight is 390 g/mol. The van der Waals surface area contributed by atoms with Crippen LogP contribution in [0.15, 0.2) is 46.4 Å². The Labute approximate surface area is 152 Å². The molecule has 0 atom stereocenters. The highest BCUT2D eigenvalue weighted by atomic mass is 35.5. The zero-order chi connectivity index (χ0) is 16.8. The van der Waals surface area contributed by atoms with Gasteiger partial charge in [-0.2, -0.15) is 5.10 Å². The normalized spacial score (nSPS) is 10.9. The van der Waals surface area contributed by atoms with Gasteiger partial charge in [-0.05, 0) is 42.0 Å². The highest BCUT2D eigenvalue weighted by Crippen LogP contribution is 2.32. The van der Waals surface area contributed by atoms with Crippen molar-refractivity contribution in [2.75, 3.05) is 5.75 Å². The maximum absolute atomic E-state index is 11.7.